The molecule has 0 aliphatic heterocycles. The molecular weight excluding hydrogens is 365 g/mol. The van der Waals surface area contributed by atoms with Gasteiger partial charge < -0.3 is 0 Å². The maximum Gasteiger partial charge on any atom is 0.341 e. The lowest BCUT2D eigenvalue weighted by Crippen LogP contribution is -2.07. The molecule has 0 spiro atoms. The minimum atomic E-state index is -2.26. The molecule has 0 aliphatic carbocycles. The van der Waals surface area contributed by atoms with Gasteiger partial charge in [0.15, 0.2) is 0 Å². The molecule has 0 fully saturated rings. The zero-order valence-corrected chi connectivity index (χ0v) is 16.0. The summed E-state index contributed by atoms with van der Waals surface area (Å²) in [6.07, 6.45) is 4.31. The Bertz CT molecular complexity index is 136. The second kappa shape index (κ2) is 11.0. The van der Waals surface area contributed by atoms with Crippen molar-refractivity contribution in [3.05, 3.63) is 0 Å². The van der Waals surface area contributed by atoms with Crippen LogP contribution in [0.25, 0.3) is 0 Å². The Morgan fingerprint density at radius 2 is 0.875 bits per heavy atom. The maximum absolute atomic E-state index is 5.58. The van der Waals surface area contributed by atoms with Crippen LogP contribution < -0.4 is 0 Å². The number of hydrogen-bond donors (Lipinski definition) is 0. The molecule has 0 bridgehead atoms. The number of hydrogen-bond acceptors (Lipinski definition) is 0. The minimum absolute atomic E-state index is 0.800. The lowest BCUT2D eigenvalue weighted by atomic mass is 10.4. The Balaban J connectivity index is 0. The molecule has 0 radical (unpaired) electrons. The third-order valence-electron chi connectivity index (χ3n) is 1.63. The van der Waals surface area contributed by atoms with Gasteiger partial charge in [-0.1, -0.05) is 39.5 Å². The van der Waals surface area contributed by atoms with Crippen LogP contribution in [0, 0.1) is 0 Å². The van der Waals surface area contributed by atoms with Crippen molar-refractivity contribution >= 4 is 78.5 Å². The largest absolute Gasteiger partial charge is 0.341 e. The normalized spacial score (nSPS) is 12.0. The van der Waals surface area contributed by atoms with Gasteiger partial charge in [0.25, 0.3) is 0 Å². The average molecular weight is 383 g/mol. The maximum atomic E-state index is 5.58. The van der Waals surface area contributed by atoms with Gasteiger partial charge in [0.1, 0.15) is 0 Å². The molecule has 0 rings (SSSR count). The molecular formula is C8H18Cl6Si2. The summed E-state index contributed by atoms with van der Waals surface area (Å²) in [5, 5.41) is 0. The lowest BCUT2D eigenvalue weighted by molar-refractivity contribution is 0.879. The van der Waals surface area contributed by atoms with Crippen molar-refractivity contribution in [3.8, 4) is 0 Å². The smallest absolute Gasteiger partial charge is 0.126 e. The molecule has 0 unspecified atom stereocenters. The Morgan fingerprint density at radius 1 is 0.625 bits per heavy atom. The number of rotatable bonds is 6. The first-order valence-electron chi connectivity index (χ1n) is 5.26. The first-order valence-corrected chi connectivity index (χ1v) is 15.7. The molecule has 0 saturated heterocycles. The Kier molecular flexibility index (Phi) is 14.1. The van der Waals surface area contributed by atoms with Gasteiger partial charge in [0.05, 0.1) is 0 Å². The number of unbranched alkanes of at least 4 members (excludes halogenated alkanes) is 2. The first kappa shape index (κ1) is 20.5. The van der Waals surface area contributed by atoms with Crippen molar-refractivity contribution in [2.75, 3.05) is 0 Å². The van der Waals surface area contributed by atoms with Crippen LogP contribution in [0.3, 0.4) is 0 Å². The van der Waals surface area contributed by atoms with Crippen LogP contribution >= 0.6 is 66.5 Å². The van der Waals surface area contributed by atoms with Crippen molar-refractivity contribution in [3.63, 3.8) is 0 Å². The predicted octanol–water partition coefficient (Wildman–Crippen LogP) is 6.88. The van der Waals surface area contributed by atoms with Gasteiger partial charge in [-0.25, -0.2) is 0 Å². The van der Waals surface area contributed by atoms with Gasteiger partial charge in [0, 0.05) is 0 Å². The van der Waals surface area contributed by atoms with Crippen LogP contribution in [0.2, 0.25) is 12.1 Å². The Hall–Kier alpha value is 2.17. The zero-order chi connectivity index (χ0) is 13.2. The van der Waals surface area contributed by atoms with Crippen molar-refractivity contribution in [2.24, 2.45) is 0 Å². The standard InChI is InChI=1S/2C4H9Cl3Si/c2*1-2-3-4-8(5,6)7/h2*2-4H2,1H3. The highest BCUT2D eigenvalue weighted by atomic mass is 35.8. The third kappa shape index (κ3) is 25.1. The average Bonchev–Trinajstić information content (AvgIpc) is 2.10. The Labute approximate surface area is 129 Å². The van der Waals surface area contributed by atoms with E-state index in [2.05, 4.69) is 13.8 Å². The van der Waals surface area contributed by atoms with Gasteiger partial charge in [-0.05, 0) is 12.1 Å². The third-order valence-corrected chi connectivity index (χ3v) is 6.87. The highest BCUT2D eigenvalue weighted by molar-refractivity contribution is 7.65. The summed E-state index contributed by atoms with van der Waals surface area (Å²) >= 11 is 33.5. The fraction of sp³-hybridized carbons (Fsp3) is 1.00. The van der Waals surface area contributed by atoms with Crippen LogP contribution in [0.15, 0.2) is 0 Å². The molecule has 0 N–H and O–H groups in total. The van der Waals surface area contributed by atoms with E-state index in [4.69, 9.17) is 66.5 Å². The van der Waals surface area contributed by atoms with Crippen LogP contribution in [0.5, 0.6) is 0 Å². The first-order chi connectivity index (χ1) is 7.12. The van der Waals surface area contributed by atoms with Crippen LogP contribution in [-0.4, -0.2) is 12.0 Å². The highest BCUT2D eigenvalue weighted by Crippen LogP contribution is 2.27. The monoisotopic (exact) mass is 380 g/mol. The molecule has 0 aromatic heterocycles. The molecule has 0 aromatic carbocycles. The summed E-state index contributed by atoms with van der Waals surface area (Å²) in [4.78, 5) is 0. The van der Waals surface area contributed by atoms with Crippen LogP contribution in [0.4, 0.5) is 0 Å². The van der Waals surface area contributed by atoms with E-state index >= 15 is 0 Å². The van der Waals surface area contributed by atoms with E-state index in [-0.39, 0.29) is 0 Å². The van der Waals surface area contributed by atoms with Crippen LogP contribution in [-0.2, 0) is 0 Å². The molecule has 0 nitrogen and oxygen atoms in total. The SMILES string of the molecule is CCCC[Si](Cl)(Cl)Cl.CCCC[Si](Cl)(Cl)Cl. The van der Waals surface area contributed by atoms with E-state index in [1.54, 1.807) is 0 Å². The molecule has 100 valence electrons. The van der Waals surface area contributed by atoms with Gasteiger partial charge in [0.2, 0.25) is 0 Å². The van der Waals surface area contributed by atoms with Gasteiger partial charge >= 0.3 is 12.0 Å². The molecule has 0 atom stereocenters. The summed E-state index contributed by atoms with van der Waals surface area (Å²) < 4.78 is 0. The zero-order valence-electron chi connectivity index (χ0n) is 9.51. The second-order valence-corrected chi connectivity index (χ2v) is 22.0. The molecule has 16 heavy (non-hydrogen) atoms. The van der Waals surface area contributed by atoms with E-state index in [1.165, 1.54) is 0 Å². The Morgan fingerprint density at radius 3 is 0.938 bits per heavy atom. The van der Waals surface area contributed by atoms with Crippen LogP contribution in [0.1, 0.15) is 39.5 Å². The molecule has 0 aliphatic rings. The van der Waals surface area contributed by atoms with E-state index in [1.807, 2.05) is 0 Å². The van der Waals surface area contributed by atoms with Crippen molar-refractivity contribution in [1.29, 1.82) is 0 Å². The quantitative estimate of drug-likeness (QED) is 0.346. The van der Waals surface area contributed by atoms with Crippen molar-refractivity contribution in [1.82, 2.24) is 0 Å². The minimum Gasteiger partial charge on any atom is -0.126 e. The summed E-state index contributed by atoms with van der Waals surface area (Å²) in [6.45, 7) is 4.18. The van der Waals surface area contributed by atoms with E-state index < -0.39 is 12.0 Å². The van der Waals surface area contributed by atoms with Gasteiger partial charge in [-0.2, -0.15) is 0 Å². The van der Waals surface area contributed by atoms with Gasteiger partial charge in [-0.3, -0.25) is 0 Å². The summed E-state index contributed by atoms with van der Waals surface area (Å²) in [5.41, 5.74) is 0. The molecule has 0 amide bonds. The topological polar surface area (TPSA) is 0 Å². The molecule has 0 aromatic rings. The molecule has 0 saturated carbocycles. The summed E-state index contributed by atoms with van der Waals surface area (Å²) in [6, 6.07) is -2.92. The highest BCUT2D eigenvalue weighted by Gasteiger charge is 2.23. The fourth-order valence-electron chi connectivity index (χ4n) is 0.754. The number of halogens is 6. The van der Waals surface area contributed by atoms with Crippen molar-refractivity contribution < 1.29 is 0 Å². The molecule has 0 heterocycles. The van der Waals surface area contributed by atoms with E-state index in [0.29, 0.717) is 0 Å². The fourth-order valence-corrected chi connectivity index (χ4v) is 4.67. The van der Waals surface area contributed by atoms with Gasteiger partial charge in [-0.15, -0.1) is 66.5 Å². The summed E-state index contributed by atoms with van der Waals surface area (Å²) in [5.74, 6) is 0. The van der Waals surface area contributed by atoms with Crippen molar-refractivity contribution in [2.45, 2.75) is 51.6 Å². The second-order valence-electron chi connectivity index (χ2n) is 3.44. The lowest BCUT2D eigenvalue weighted by Gasteiger charge is -2.03. The predicted molar refractivity (Wildman–Crippen MR) is 86.1 cm³/mol. The molecule has 8 heteroatoms. The van der Waals surface area contributed by atoms with E-state index in [0.717, 1.165) is 37.8 Å². The van der Waals surface area contributed by atoms with E-state index in [9.17, 15) is 0 Å². The summed E-state index contributed by atoms with van der Waals surface area (Å²) in [7, 11) is 0.